The lowest BCUT2D eigenvalue weighted by atomic mass is 9.97. The van der Waals surface area contributed by atoms with Crippen molar-refractivity contribution in [2.45, 2.75) is 25.7 Å². The number of nitrogens with zero attached hydrogens (tertiary/aromatic N) is 1. The maximum atomic E-state index is 4.33. The van der Waals surface area contributed by atoms with Gasteiger partial charge in [-0.15, -0.1) is 0 Å². The van der Waals surface area contributed by atoms with E-state index in [0.29, 0.717) is 5.92 Å². The average molecular weight is 223 g/mol. The zero-order chi connectivity index (χ0) is 10.5. The van der Waals surface area contributed by atoms with E-state index >= 15 is 0 Å². The molecule has 0 spiro atoms. The van der Waals surface area contributed by atoms with Crippen LogP contribution in [0.25, 0.3) is 0 Å². The Morgan fingerprint density at radius 3 is 2.67 bits per heavy atom. The van der Waals surface area contributed by atoms with E-state index in [0.717, 1.165) is 12.3 Å². The maximum Gasteiger partial charge on any atom is 0.0230 e. The largest absolute Gasteiger partial charge is 0.299 e. The van der Waals surface area contributed by atoms with Crippen LogP contribution in [0.1, 0.15) is 25.7 Å². The molecule has 0 saturated carbocycles. The Morgan fingerprint density at radius 1 is 1.27 bits per heavy atom. The molecular formula is C13H21NS. The number of allylic oxidation sites excluding steroid dienone is 2. The summed E-state index contributed by atoms with van der Waals surface area (Å²) in [7, 11) is 0. The minimum Gasteiger partial charge on any atom is -0.299 e. The molecule has 0 aromatic rings. The molecule has 0 N–H and O–H groups in total. The number of likely N-dealkylation sites (tertiary alicyclic amines) is 1. The first-order chi connectivity index (χ1) is 7.38. The van der Waals surface area contributed by atoms with E-state index in [1.54, 1.807) is 0 Å². The average Bonchev–Trinajstić information content (AvgIpc) is 2.31. The fourth-order valence-corrected chi connectivity index (χ4v) is 2.61. The molecule has 1 nitrogen and oxygen atoms in total. The van der Waals surface area contributed by atoms with Crippen molar-refractivity contribution in [3.05, 3.63) is 23.8 Å². The van der Waals surface area contributed by atoms with Crippen molar-refractivity contribution in [2.75, 3.05) is 25.4 Å². The van der Waals surface area contributed by atoms with Crippen LogP contribution in [-0.4, -0.2) is 30.3 Å². The first-order valence-electron chi connectivity index (χ1n) is 6.09. The van der Waals surface area contributed by atoms with Crippen molar-refractivity contribution in [3.8, 4) is 0 Å². The van der Waals surface area contributed by atoms with Crippen molar-refractivity contribution in [1.82, 2.24) is 4.90 Å². The summed E-state index contributed by atoms with van der Waals surface area (Å²) in [5.74, 6) is 1.64. The lowest BCUT2D eigenvalue weighted by Crippen LogP contribution is -2.31. The summed E-state index contributed by atoms with van der Waals surface area (Å²) in [4.78, 5) is 2.58. The molecule has 1 atom stereocenters. The van der Waals surface area contributed by atoms with E-state index in [4.69, 9.17) is 0 Å². The highest BCUT2D eigenvalue weighted by Crippen LogP contribution is 2.19. The molecule has 0 aromatic heterocycles. The molecule has 2 rings (SSSR count). The molecule has 2 aliphatic rings. The SMILES string of the molecule is SCC1C=CC(CN2CCCCC2)=CC1. The molecule has 15 heavy (non-hydrogen) atoms. The smallest absolute Gasteiger partial charge is 0.0230 e. The van der Waals surface area contributed by atoms with Crippen LogP contribution >= 0.6 is 12.6 Å². The van der Waals surface area contributed by atoms with E-state index < -0.39 is 0 Å². The second kappa shape index (κ2) is 5.76. The fraction of sp³-hybridized carbons (Fsp3) is 0.692. The molecule has 0 aromatic carbocycles. The molecule has 0 bridgehead atoms. The first kappa shape index (κ1) is 11.3. The zero-order valence-corrected chi connectivity index (χ0v) is 10.3. The van der Waals surface area contributed by atoms with Crippen molar-refractivity contribution in [1.29, 1.82) is 0 Å². The van der Waals surface area contributed by atoms with Crippen molar-refractivity contribution in [2.24, 2.45) is 5.92 Å². The molecule has 1 aliphatic carbocycles. The number of rotatable bonds is 3. The fourth-order valence-electron chi connectivity index (χ4n) is 2.34. The third-order valence-electron chi connectivity index (χ3n) is 3.35. The molecular weight excluding hydrogens is 202 g/mol. The molecule has 1 heterocycles. The molecule has 0 amide bonds. The van der Waals surface area contributed by atoms with Gasteiger partial charge in [0.1, 0.15) is 0 Å². The number of thiol groups is 1. The van der Waals surface area contributed by atoms with Crippen LogP contribution in [-0.2, 0) is 0 Å². The minimum atomic E-state index is 0.665. The van der Waals surface area contributed by atoms with Crippen LogP contribution in [0.4, 0.5) is 0 Å². The third kappa shape index (κ3) is 3.39. The molecule has 2 heteroatoms. The predicted molar refractivity (Wildman–Crippen MR) is 69.5 cm³/mol. The van der Waals surface area contributed by atoms with Gasteiger partial charge in [0.05, 0.1) is 0 Å². The maximum absolute atomic E-state index is 4.33. The Labute approximate surface area is 98.6 Å². The summed E-state index contributed by atoms with van der Waals surface area (Å²) >= 11 is 4.33. The van der Waals surface area contributed by atoms with Gasteiger partial charge in [-0.3, -0.25) is 4.90 Å². The van der Waals surface area contributed by atoms with Gasteiger partial charge in [0.2, 0.25) is 0 Å². The zero-order valence-electron chi connectivity index (χ0n) is 9.36. The normalized spacial score (nSPS) is 27.8. The van der Waals surface area contributed by atoms with E-state index in [9.17, 15) is 0 Å². The Morgan fingerprint density at radius 2 is 2.07 bits per heavy atom. The first-order valence-corrected chi connectivity index (χ1v) is 6.72. The van der Waals surface area contributed by atoms with Crippen LogP contribution in [0.2, 0.25) is 0 Å². The molecule has 0 radical (unpaired) electrons. The number of hydrogen-bond acceptors (Lipinski definition) is 2. The van der Waals surface area contributed by atoms with Gasteiger partial charge in [-0.25, -0.2) is 0 Å². The second-order valence-electron chi connectivity index (χ2n) is 4.65. The van der Waals surface area contributed by atoms with Crippen molar-refractivity contribution in [3.63, 3.8) is 0 Å². The van der Waals surface area contributed by atoms with Gasteiger partial charge in [-0.2, -0.15) is 12.6 Å². The lowest BCUT2D eigenvalue weighted by Gasteiger charge is -2.27. The lowest BCUT2D eigenvalue weighted by molar-refractivity contribution is 0.247. The van der Waals surface area contributed by atoms with Crippen molar-refractivity contribution < 1.29 is 0 Å². The van der Waals surface area contributed by atoms with E-state index in [1.807, 2.05) is 0 Å². The van der Waals surface area contributed by atoms with Crippen LogP contribution in [0.5, 0.6) is 0 Å². The van der Waals surface area contributed by atoms with Gasteiger partial charge in [-0.1, -0.05) is 24.6 Å². The third-order valence-corrected chi connectivity index (χ3v) is 3.82. The highest BCUT2D eigenvalue weighted by Gasteiger charge is 2.12. The van der Waals surface area contributed by atoms with Gasteiger partial charge in [0.15, 0.2) is 0 Å². The highest BCUT2D eigenvalue weighted by atomic mass is 32.1. The van der Waals surface area contributed by atoms with Crippen LogP contribution in [0, 0.1) is 5.92 Å². The Hall–Kier alpha value is -0.210. The van der Waals surface area contributed by atoms with Crippen LogP contribution in [0.15, 0.2) is 23.8 Å². The Bertz CT molecular complexity index is 251. The summed E-state index contributed by atoms with van der Waals surface area (Å²) in [6, 6.07) is 0. The number of piperidine rings is 1. The van der Waals surface area contributed by atoms with Gasteiger partial charge < -0.3 is 0 Å². The van der Waals surface area contributed by atoms with E-state index in [-0.39, 0.29) is 0 Å². The predicted octanol–water partition coefficient (Wildman–Crippen LogP) is 2.90. The molecule has 1 unspecified atom stereocenters. The topological polar surface area (TPSA) is 3.24 Å². The van der Waals surface area contributed by atoms with E-state index in [1.165, 1.54) is 44.3 Å². The molecule has 1 fully saturated rings. The summed E-state index contributed by atoms with van der Waals surface area (Å²) in [6.07, 6.45) is 12.4. The van der Waals surface area contributed by atoms with Gasteiger partial charge in [0, 0.05) is 6.54 Å². The second-order valence-corrected chi connectivity index (χ2v) is 5.02. The minimum absolute atomic E-state index is 0.665. The summed E-state index contributed by atoms with van der Waals surface area (Å²) in [6.45, 7) is 3.75. The van der Waals surface area contributed by atoms with Gasteiger partial charge in [-0.05, 0) is 49.6 Å². The van der Waals surface area contributed by atoms with Gasteiger partial charge in [0.25, 0.3) is 0 Å². The van der Waals surface area contributed by atoms with E-state index in [2.05, 4.69) is 35.8 Å². The highest BCUT2D eigenvalue weighted by molar-refractivity contribution is 7.80. The van der Waals surface area contributed by atoms with Crippen LogP contribution in [0.3, 0.4) is 0 Å². The number of hydrogen-bond donors (Lipinski definition) is 1. The van der Waals surface area contributed by atoms with Crippen molar-refractivity contribution >= 4 is 12.6 Å². The summed E-state index contributed by atoms with van der Waals surface area (Å²) in [5.41, 5.74) is 1.51. The van der Waals surface area contributed by atoms with Gasteiger partial charge >= 0.3 is 0 Å². The summed E-state index contributed by atoms with van der Waals surface area (Å²) < 4.78 is 0. The standard InChI is InChI=1S/C13H21NS/c15-11-13-6-4-12(5-7-13)10-14-8-2-1-3-9-14/h4-6,13,15H,1-3,7-11H2. The molecule has 1 aliphatic heterocycles. The molecule has 1 saturated heterocycles. The summed E-state index contributed by atoms with van der Waals surface area (Å²) in [5, 5.41) is 0. The quantitative estimate of drug-likeness (QED) is 0.720. The monoisotopic (exact) mass is 223 g/mol. The molecule has 84 valence electrons. The Kier molecular flexibility index (Phi) is 4.33. The Balaban J connectivity index is 1.80. The van der Waals surface area contributed by atoms with Crippen LogP contribution < -0.4 is 0 Å².